The number of likely N-dealkylation sites (tertiary alicyclic amines) is 1. The Morgan fingerprint density at radius 1 is 1.55 bits per heavy atom. The van der Waals surface area contributed by atoms with Gasteiger partial charge in [-0.15, -0.1) is 0 Å². The second kappa shape index (κ2) is 8.15. The van der Waals surface area contributed by atoms with E-state index >= 15 is 0 Å². The zero-order valence-corrected chi connectivity index (χ0v) is 13.4. The first kappa shape index (κ1) is 16.8. The zero-order valence-electron chi connectivity index (χ0n) is 13.4. The summed E-state index contributed by atoms with van der Waals surface area (Å²) in [6.45, 7) is 4.45. The molecule has 5 nitrogen and oxygen atoms in total. The fourth-order valence-corrected chi connectivity index (χ4v) is 2.89. The molecule has 1 aliphatic rings. The fourth-order valence-electron chi connectivity index (χ4n) is 2.89. The van der Waals surface area contributed by atoms with Crippen molar-refractivity contribution in [2.45, 2.75) is 25.9 Å². The average molecular weight is 306 g/mol. The molecule has 122 valence electrons. The largest absolute Gasteiger partial charge is 0.491 e. The van der Waals surface area contributed by atoms with Crippen LogP contribution in [0.2, 0.25) is 0 Å². The Bertz CT molecular complexity index is 493. The van der Waals surface area contributed by atoms with Crippen LogP contribution in [0.25, 0.3) is 0 Å². The third-order valence-corrected chi connectivity index (χ3v) is 4.02. The minimum absolute atomic E-state index is 0.0311. The van der Waals surface area contributed by atoms with Gasteiger partial charge < -0.3 is 15.2 Å². The van der Waals surface area contributed by atoms with Gasteiger partial charge in [0.2, 0.25) is 5.91 Å². The predicted octanol–water partition coefficient (Wildman–Crippen LogP) is 1.19. The topological polar surface area (TPSA) is 61.8 Å². The van der Waals surface area contributed by atoms with Gasteiger partial charge in [0.15, 0.2) is 0 Å². The predicted molar refractivity (Wildman–Crippen MR) is 85.9 cm³/mol. The quantitative estimate of drug-likeness (QED) is 0.829. The van der Waals surface area contributed by atoms with Crippen molar-refractivity contribution in [3.63, 3.8) is 0 Å². The number of carbonyl (C=O) groups excluding carboxylic acids is 1. The lowest BCUT2D eigenvalue weighted by molar-refractivity contribution is -0.126. The molecule has 1 aromatic carbocycles. The molecule has 2 rings (SSSR count). The number of nitrogens with zero attached hydrogens (tertiary/aromatic N) is 1. The lowest BCUT2D eigenvalue weighted by Gasteiger charge is -2.32. The Labute approximate surface area is 132 Å². The third kappa shape index (κ3) is 5.00. The highest BCUT2D eigenvalue weighted by Gasteiger charge is 2.26. The number of amides is 1. The van der Waals surface area contributed by atoms with Crippen molar-refractivity contribution >= 4 is 5.91 Å². The Balaban J connectivity index is 1.76. The van der Waals surface area contributed by atoms with Gasteiger partial charge in [-0.25, -0.2) is 0 Å². The molecule has 1 saturated heterocycles. The van der Waals surface area contributed by atoms with Crippen molar-refractivity contribution in [1.82, 2.24) is 10.2 Å². The molecule has 0 radical (unpaired) electrons. The summed E-state index contributed by atoms with van der Waals surface area (Å²) < 4.78 is 5.63. The van der Waals surface area contributed by atoms with E-state index in [4.69, 9.17) is 4.74 Å². The number of nitrogens with one attached hydrogen (secondary N) is 1. The number of aliphatic hydroxyl groups is 1. The van der Waals surface area contributed by atoms with E-state index < -0.39 is 6.10 Å². The zero-order chi connectivity index (χ0) is 15.9. The fraction of sp³-hybridized carbons (Fsp3) is 0.588. The number of carbonyl (C=O) groups is 1. The van der Waals surface area contributed by atoms with Crippen LogP contribution in [0.15, 0.2) is 24.3 Å². The van der Waals surface area contributed by atoms with E-state index in [1.165, 1.54) is 0 Å². The van der Waals surface area contributed by atoms with Gasteiger partial charge in [-0.05, 0) is 44.0 Å². The van der Waals surface area contributed by atoms with E-state index in [-0.39, 0.29) is 18.4 Å². The highest BCUT2D eigenvalue weighted by Crippen LogP contribution is 2.17. The molecular weight excluding hydrogens is 280 g/mol. The number of hydrogen-bond donors (Lipinski definition) is 2. The van der Waals surface area contributed by atoms with E-state index in [1.54, 1.807) is 7.05 Å². The number of hydrogen-bond acceptors (Lipinski definition) is 4. The van der Waals surface area contributed by atoms with Crippen LogP contribution in [0.3, 0.4) is 0 Å². The molecule has 2 unspecified atom stereocenters. The van der Waals surface area contributed by atoms with Crippen molar-refractivity contribution in [1.29, 1.82) is 0 Å². The number of benzene rings is 1. The second-order valence-electron chi connectivity index (χ2n) is 5.99. The van der Waals surface area contributed by atoms with E-state index in [0.717, 1.165) is 30.7 Å². The minimum atomic E-state index is -0.552. The van der Waals surface area contributed by atoms with Crippen molar-refractivity contribution < 1.29 is 14.6 Å². The van der Waals surface area contributed by atoms with Gasteiger partial charge in [0, 0.05) is 20.1 Å². The number of β-amino-alcohol motifs (C(OH)–C–C–N with tert-alkyl or cyclic N) is 1. The molecule has 0 aromatic heterocycles. The SMILES string of the molecule is CNC(=O)C1CCCN(CC(O)COc2cccc(C)c2)C1. The average Bonchev–Trinajstić information content (AvgIpc) is 2.52. The van der Waals surface area contributed by atoms with Crippen LogP contribution < -0.4 is 10.1 Å². The summed E-state index contributed by atoms with van der Waals surface area (Å²) in [6.07, 6.45) is 1.36. The highest BCUT2D eigenvalue weighted by molar-refractivity contribution is 5.78. The van der Waals surface area contributed by atoms with Gasteiger partial charge in [0.1, 0.15) is 18.5 Å². The Hall–Kier alpha value is -1.59. The van der Waals surface area contributed by atoms with Crippen molar-refractivity contribution in [3.05, 3.63) is 29.8 Å². The first-order valence-corrected chi connectivity index (χ1v) is 7.90. The first-order valence-electron chi connectivity index (χ1n) is 7.90. The number of piperidine rings is 1. The number of rotatable bonds is 6. The van der Waals surface area contributed by atoms with Crippen LogP contribution in [0.1, 0.15) is 18.4 Å². The molecule has 5 heteroatoms. The minimum Gasteiger partial charge on any atom is -0.491 e. The first-order chi connectivity index (χ1) is 10.6. The number of aliphatic hydroxyl groups excluding tert-OH is 1. The Morgan fingerprint density at radius 3 is 3.09 bits per heavy atom. The summed E-state index contributed by atoms with van der Waals surface area (Å²) in [6, 6.07) is 7.79. The normalized spacial score (nSPS) is 20.4. The third-order valence-electron chi connectivity index (χ3n) is 4.02. The van der Waals surface area contributed by atoms with Crippen molar-refractivity contribution in [3.8, 4) is 5.75 Å². The molecular formula is C17H26N2O3. The molecule has 2 N–H and O–H groups in total. The standard InChI is InChI=1S/C17H26N2O3/c1-13-5-3-7-16(9-13)22-12-15(20)11-19-8-4-6-14(10-19)17(21)18-2/h3,5,7,9,14-15,20H,4,6,8,10-12H2,1-2H3,(H,18,21). The molecule has 0 aliphatic carbocycles. The van der Waals surface area contributed by atoms with Gasteiger partial charge in [-0.1, -0.05) is 12.1 Å². The van der Waals surface area contributed by atoms with Gasteiger partial charge >= 0.3 is 0 Å². The molecule has 1 aliphatic heterocycles. The molecule has 22 heavy (non-hydrogen) atoms. The molecule has 1 fully saturated rings. The Kier molecular flexibility index (Phi) is 6.21. The maximum Gasteiger partial charge on any atom is 0.224 e. The monoisotopic (exact) mass is 306 g/mol. The van der Waals surface area contributed by atoms with Crippen LogP contribution in [0.4, 0.5) is 0 Å². The lowest BCUT2D eigenvalue weighted by atomic mass is 9.97. The van der Waals surface area contributed by atoms with Crippen LogP contribution >= 0.6 is 0 Å². The molecule has 0 spiro atoms. The van der Waals surface area contributed by atoms with Crippen LogP contribution in [-0.2, 0) is 4.79 Å². The Morgan fingerprint density at radius 2 is 2.36 bits per heavy atom. The smallest absolute Gasteiger partial charge is 0.224 e. The molecule has 1 amide bonds. The van der Waals surface area contributed by atoms with Crippen LogP contribution in [0, 0.1) is 12.8 Å². The van der Waals surface area contributed by atoms with Crippen LogP contribution in [0.5, 0.6) is 5.75 Å². The number of aryl methyl sites for hydroxylation is 1. The maximum absolute atomic E-state index is 11.7. The second-order valence-corrected chi connectivity index (χ2v) is 5.99. The molecule has 2 atom stereocenters. The van der Waals surface area contributed by atoms with Gasteiger partial charge in [0.25, 0.3) is 0 Å². The molecule has 0 bridgehead atoms. The molecule has 0 saturated carbocycles. The summed E-state index contributed by atoms with van der Waals surface area (Å²) in [4.78, 5) is 13.9. The van der Waals surface area contributed by atoms with E-state index in [0.29, 0.717) is 13.1 Å². The summed E-state index contributed by atoms with van der Waals surface area (Å²) in [5, 5.41) is 12.9. The highest BCUT2D eigenvalue weighted by atomic mass is 16.5. The summed E-state index contributed by atoms with van der Waals surface area (Å²) in [5.41, 5.74) is 1.14. The van der Waals surface area contributed by atoms with Crippen molar-refractivity contribution in [2.24, 2.45) is 5.92 Å². The van der Waals surface area contributed by atoms with Crippen LogP contribution in [-0.4, -0.2) is 55.3 Å². The van der Waals surface area contributed by atoms with E-state index in [2.05, 4.69) is 10.2 Å². The molecule has 1 heterocycles. The van der Waals surface area contributed by atoms with E-state index in [9.17, 15) is 9.90 Å². The van der Waals surface area contributed by atoms with E-state index in [1.807, 2.05) is 31.2 Å². The molecule has 1 aromatic rings. The lowest BCUT2D eigenvalue weighted by Crippen LogP contribution is -2.45. The van der Waals surface area contributed by atoms with Crippen molar-refractivity contribution in [2.75, 3.05) is 33.3 Å². The van der Waals surface area contributed by atoms with Gasteiger partial charge in [0.05, 0.1) is 5.92 Å². The van der Waals surface area contributed by atoms with Gasteiger partial charge in [-0.2, -0.15) is 0 Å². The number of ether oxygens (including phenoxy) is 1. The summed E-state index contributed by atoms with van der Waals surface area (Å²) in [5.74, 6) is 0.903. The maximum atomic E-state index is 11.7. The van der Waals surface area contributed by atoms with Gasteiger partial charge in [-0.3, -0.25) is 9.69 Å². The summed E-state index contributed by atoms with van der Waals surface area (Å²) >= 11 is 0. The summed E-state index contributed by atoms with van der Waals surface area (Å²) in [7, 11) is 1.67.